The lowest BCUT2D eigenvalue weighted by Crippen LogP contribution is -2.55. The lowest BCUT2D eigenvalue weighted by atomic mass is 9.43. The summed E-state index contributed by atoms with van der Waals surface area (Å²) in [6.45, 7) is 0. The van der Waals surface area contributed by atoms with Crippen molar-refractivity contribution < 1.29 is 4.42 Å². The Morgan fingerprint density at radius 2 is 1.22 bits per heavy atom. The van der Waals surface area contributed by atoms with Crippen LogP contribution in [0.15, 0.2) is 138 Å². The number of hydrogen-bond donors (Lipinski definition) is 0. The summed E-state index contributed by atoms with van der Waals surface area (Å²) in [5.41, 5.74) is 15.0. The summed E-state index contributed by atoms with van der Waals surface area (Å²) in [7, 11) is 0. The van der Waals surface area contributed by atoms with Gasteiger partial charge in [0.15, 0.2) is 0 Å². The quantitative estimate of drug-likeness (QED) is 0.192. The SMILES string of the molecule is c1ccc(-n2c(-c3cccc4c3-c3c(-c5ccc6oc7ccccc7c6c5)cccc3C43C4CC5CC(C4)CC3C5)nc3ccccc32)cc1. The number of imidazole rings is 1. The summed E-state index contributed by atoms with van der Waals surface area (Å²) in [4.78, 5) is 5.46. The van der Waals surface area contributed by atoms with E-state index in [1.807, 2.05) is 0 Å². The third-order valence-electron chi connectivity index (χ3n) is 13.2. The van der Waals surface area contributed by atoms with E-state index in [1.165, 1.54) is 70.7 Å². The van der Waals surface area contributed by atoms with E-state index in [1.54, 1.807) is 11.1 Å². The van der Waals surface area contributed by atoms with Crippen molar-refractivity contribution in [1.29, 1.82) is 0 Å². The molecule has 5 aliphatic rings. The lowest BCUT2D eigenvalue weighted by molar-refractivity contribution is -0.0399. The van der Waals surface area contributed by atoms with Gasteiger partial charge in [-0.3, -0.25) is 4.57 Å². The molecular formula is C47H36N2O. The van der Waals surface area contributed by atoms with Crippen molar-refractivity contribution in [1.82, 2.24) is 9.55 Å². The smallest absolute Gasteiger partial charge is 0.146 e. The molecule has 240 valence electrons. The average molecular weight is 645 g/mol. The van der Waals surface area contributed by atoms with Gasteiger partial charge in [-0.2, -0.15) is 0 Å². The molecule has 0 radical (unpaired) electrons. The van der Waals surface area contributed by atoms with E-state index in [0.29, 0.717) is 11.8 Å². The molecule has 4 saturated carbocycles. The summed E-state index contributed by atoms with van der Waals surface area (Å²) in [5.74, 6) is 4.16. The molecule has 0 amide bonds. The Labute approximate surface area is 291 Å². The lowest BCUT2D eigenvalue weighted by Gasteiger charge is -2.61. The van der Waals surface area contributed by atoms with Gasteiger partial charge in [0.05, 0.1) is 11.0 Å². The second kappa shape index (κ2) is 9.85. The molecule has 0 unspecified atom stereocenters. The van der Waals surface area contributed by atoms with Gasteiger partial charge in [-0.15, -0.1) is 0 Å². The molecule has 1 spiro atoms. The van der Waals surface area contributed by atoms with E-state index in [2.05, 4.69) is 138 Å². The fourth-order valence-electron chi connectivity index (χ4n) is 11.7. The summed E-state index contributed by atoms with van der Waals surface area (Å²) >= 11 is 0. The second-order valence-corrected chi connectivity index (χ2v) is 15.5. The number of furan rings is 1. The van der Waals surface area contributed by atoms with Crippen LogP contribution in [-0.4, -0.2) is 9.55 Å². The third-order valence-corrected chi connectivity index (χ3v) is 13.2. The molecule has 0 saturated heterocycles. The second-order valence-electron chi connectivity index (χ2n) is 15.5. The maximum atomic E-state index is 6.30. The van der Waals surface area contributed by atoms with Crippen molar-refractivity contribution in [2.75, 3.05) is 0 Å². The molecule has 6 aromatic carbocycles. The number of aromatic nitrogens is 2. The molecule has 4 bridgehead atoms. The van der Waals surface area contributed by atoms with E-state index in [4.69, 9.17) is 9.40 Å². The monoisotopic (exact) mass is 644 g/mol. The van der Waals surface area contributed by atoms with E-state index < -0.39 is 0 Å². The van der Waals surface area contributed by atoms with Gasteiger partial charge in [0.1, 0.15) is 17.0 Å². The maximum Gasteiger partial charge on any atom is 0.146 e. The summed E-state index contributed by atoms with van der Waals surface area (Å²) in [6, 6.07) is 49.1. The molecule has 0 N–H and O–H groups in total. The molecular weight excluding hydrogens is 609 g/mol. The largest absolute Gasteiger partial charge is 0.456 e. The molecule has 13 rings (SSSR count). The van der Waals surface area contributed by atoms with Crippen LogP contribution in [0.2, 0.25) is 0 Å². The summed E-state index contributed by atoms with van der Waals surface area (Å²) in [5, 5.41) is 2.35. The van der Waals surface area contributed by atoms with Gasteiger partial charge >= 0.3 is 0 Å². The van der Waals surface area contributed by atoms with Crippen LogP contribution in [0.25, 0.3) is 72.3 Å². The van der Waals surface area contributed by atoms with Crippen LogP contribution < -0.4 is 0 Å². The van der Waals surface area contributed by atoms with Crippen LogP contribution in [0, 0.1) is 23.7 Å². The fraction of sp³-hybridized carbons (Fsp3) is 0.213. The van der Waals surface area contributed by atoms with E-state index in [0.717, 1.165) is 45.5 Å². The minimum Gasteiger partial charge on any atom is -0.456 e. The zero-order valence-electron chi connectivity index (χ0n) is 27.8. The minimum absolute atomic E-state index is 0.0418. The Morgan fingerprint density at radius 3 is 2.02 bits per heavy atom. The Balaban J connectivity index is 1.18. The number of fused-ring (bicyclic) bond motifs is 7. The van der Waals surface area contributed by atoms with Gasteiger partial charge in [-0.1, -0.05) is 91.0 Å². The van der Waals surface area contributed by atoms with Crippen LogP contribution >= 0.6 is 0 Å². The first kappa shape index (κ1) is 27.4. The Morgan fingerprint density at radius 1 is 0.560 bits per heavy atom. The molecule has 8 aromatic rings. The fourth-order valence-corrected chi connectivity index (χ4v) is 11.7. The summed E-state index contributed by atoms with van der Waals surface area (Å²) in [6.07, 6.45) is 6.87. The van der Waals surface area contributed by atoms with Crippen molar-refractivity contribution in [2.24, 2.45) is 23.7 Å². The topological polar surface area (TPSA) is 31.0 Å². The van der Waals surface area contributed by atoms with E-state index >= 15 is 0 Å². The molecule has 0 atom stereocenters. The van der Waals surface area contributed by atoms with Crippen molar-refractivity contribution in [3.05, 3.63) is 145 Å². The molecule has 3 nitrogen and oxygen atoms in total. The standard InChI is InChI=1S/C47H36N2O/c1-2-10-33(11-3-1)49-41-18-6-5-17-40(41)48-46(49)36-14-9-16-39-45(36)44-34(30-20-21-43-37(27-30)35-12-4-7-19-42(35)50-43)13-8-15-38(44)47(39)31-23-28-22-29(25-31)26-32(47)24-28/h1-21,27-29,31-32H,22-26H2. The maximum absolute atomic E-state index is 6.30. The van der Waals surface area contributed by atoms with Gasteiger partial charge in [-0.25, -0.2) is 4.98 Å². The number of hydrogen-bond acceptors (Lipinski definition) is 2. The Bertz CT molecular complexity index is 2650. The van der Waals surface area contributed by atoms with Crippen LogP contribution in [0.3, 0.4) is 0 Å². The van der Waals surface area contributed by atoms with Gasteiger partial charge < -0.3 is 4.42 Å². The minimum atomic E-state index is 0.0418. The highest BCUT2D eigenvalue weighted by Gasteiger charge is 2.62. The van der Waals surface area contributed by atoms with Gasteiger partial charge in [0.2, 0.25) is 0 Å². The van der Waals surface area contributed by atoms with Gasteiger partial charge in [0, 0.05) is 27.4 Å². The molecule has 2 aromatic heterocycles. The Kier molecular flexibility index (Phi) is 5.40. The predicted molar refractivity (Wildman–Crippen MR) is 202 cm³/mol. The zero-order chi connectivity index (χ0) is 32.6. The first-order valence-electron chi connectivity index (χ1n) is 18.5. The summed E-state index contributed by atoms with van der Waals surface area (Å²) < 4.78 is 8.68. The van der Waals surface area contributed by atoms with Crippen LogP contribution in [0.4, 0.5) is 0 Å². The number of benzene rings is 6. The van der Waals surface area contributed by atoms with E-state index in [-0.39, 0.29) is 5.41 Å². The Hall–Kier alpha value is -5.41. The normalized spacial score (nSPS) is 24.5. The molecule has 4 fully saturated rings. The first-order valence-corrected chi connectivity index (χ1v) is 18.5. The van der Waals surface area contributed by atoms with Crippen molar-refractivity contribution in [3.63, 3.8) is 0 Å². The van der Waals surface area contributed by atoms with Crippen molar-refractivity contribution in [3.8, 4) is 39.3 Å². The van der Waals surface area contributed by atoms with Crippen molar-refractivity contribution >= 4 is 33.0 Å². The average Bonchev–Trinajstić information content (AvgIpc) is 3.82. The number of rotatable bonds is 3. The highest BCUT2D eigenvalue weighted by atomic mass is 16.3. The zero-order valence-corrected chi connectivity index (χ0v) is 27.8. The number of para-hydroxylation sites is 4. The molecule has 50 heavy (non-hydrogen) atoms. The highest BCUT2D eigenvalue weighted by Crippen LogP contribution is 2.70. The first-order chi connectivity index (χ1) is 24.8. The molecule has 0 aliphatic heterocycles. The van der Waals surface area contributed by atoms with Crippen LogP contribution in [0.5, 0.6) is 0 Å². The third kappa shape index (κ3) is 3.48. The van der Waals surface area contributed by atoms with Gasteiger partial charge in [-0.05, 0) is 132 Å². The van der Waals surface area contributed by atoms with Gasteiger partial charge in [0.25, 0.3) is 0 Å². The van der Waals surface area contributed by atoms with E-state index in [9.17, 15) is 0 Å². The van der Waals surface area contributed by atoms with Crippen LogP contribution in [0.1, 0.15) is 43.2 Å². The highest BCUT2D eigenvalue weighted by molar-refractivity contribution is 6.08. The molecule has 5 aliphatic carbocycles. The van der Waals surface area contributed by atoms with Crippen LogP contribution in [-0.2, 0) is 5.41 Å². The predicted octanol–water partition coefficient (Wildman–Crippen LogP) is 12.0. The molecule has 2 heterocycles. The number of nitrogens with zero attached hydrogens (tertiary/aromatic N) is 2. The molecule has 3 heteroatoms. The van der Waals surface area contributed by atoms with Crippen molar-refractivity contribution in [2.45, 2.75) is 37.5 Å².